The predicted molar refractivity (Wildman–Crippen MR) is 99.5 cm³/mol. The first-order valence-corrected chi connectivity index (χ1v) is 9.47. The number of carbonyl (C=O) groups excluding carboxylic acids is 1. The van der Waals surface area contributed by atoms with E-state index in [2.05, 4.69) is 9.97 Å². The largest absolute Gasteiger partial charge is 0.372 e. The lowest BCUT2D eigenvalue weighted by Gasteiger charge is -2.35. The molecule has 1 fully saturated rings. The molecule has 1 aliphatic rings. The van der Waals surface area contributed by atoms with Gasteiger partial charge in [0.25, 0.3) is 0 Å². The minimum Gasteiger partial charge on any atom is -0.372 e. The van der Waals surface area contributed by atoms with Gasteiger partial charge >= 0.3 is 0 Å². The Kier molecular flexibility index (Phi) is 5.71. The van der Waals surface area contributed by atoms with E-state index in [-0.39, 0.29) is 18.1 Å². The van der Waals surface area contributed by atoms with Gasteiger partial charge in [0, 0.05) is 24.3 Å². The topological polar surface area (TPSA) is 55.3 Å². The van der Waals surface area contributed by atoms with Crippen LogP contribution in [-0.2, 0) is 9.53 Å². The number of aromatic nitrogens is 2. The first-order chi connectivity index (χ1) is 12.0. The number of hydrogen-bond acceptors (Lipinski definition) is 5. The van der Waals surface area contributed by atoms with Crippen molar-refractivity contribution in [2.45, 2.75) is 38.1 Å². The summed E-state index contributed by atoms with van der Waals surface area (Å²) in [5.74, 6) is 0.454. The predicted octanol–water partition coefficient (Wildman–Crippen LogP) is 3.18. The van der Waals surface area contributed by atoms with Crippen LogP contribution in [0.25, 0.3) is 11.3 Å². The normalized spacial score (nSPS) is 20.5. The molecule has 0 saturated carbocycles. The van der Waals surface area contributed by atoms with Gasteiger partial charge < -0.3 is 9.64 Å². The number of nitrogens with zero attached hydrogens (tertiary/aromatic N) is 3. The van der Waals surface area contributed by atoms with E-state index in [1.807, 2.05) is 62.1 Å². The minimum atomic E-state index is 0.0811. The molecular formula is C19H23N3O2S. The summed E-state index contributed by atoms with van der Waals surface area (Å²) in [7, 11) is 0. The summed E-state index contributed by atoms with van der Waals surface area (Å²) in [6, 6.07) is 12.0. The molecule has 2 aromatic rings. The lowest BCUT2D eigenvalue weighted by Crippen LogP contribution is -2.48. The summed E-state index contributed by atoms with van der Waals surface area (Å²) in [5, 5.41) is 0.640. The SMILES string of the molecule is Cc1cc(-c2ccccc2)nc(SCC(=O)N2C[C@@H](C)O[C@H](C)C2)n1. The Labute approximate surface area is 152 Å². The Morgan fingerprint density at radius 1 is 1.20 bits per heavy atom. The van der Waals surface area contributed by atoms with Crippen molar-refractivity contribution in [3.8, 4) is 11.3 Å². The lowest BCUT2D eigenvalue weighted by atomic mass is 10.1. The van der Waals surface area contributed by atoms with Crippen molar-refractivity contribution in [3.05, 3.63) is 42.1 Å². The molecule has 1 aliphatic heterocycles. The molecule has 1 aromatic heterocycles. The van der Waals surface area contributed by atoms with Crippen molar-refractivity contribution >= 4 is 17.7 Å². The Balaban J connectivity index is 1.67. The number of ether oxygens (including phenoxy) is 1. The number of carbonyl (C=O) groups is 1. The van der Waals surface area contributed by atoms with Crippen LogP contribution in [0.1, 0.15) is 19.5 Å². The summed E-state index contributed by atoms with van der Waals surface area (Å²) >= 11 is 1.39. The third-order valence-corrected chi connectivity index (χ3v) is 4.83. The maximum absolute atomic E-state index is 12.5. The molecule has 0 spiro atoms. The van der Waals surface area contributed by atoms with E-state index in [0.717, 1.165) is 17.0 Å². The van der Waals surface area contributed by atoms with Crippen molar-refractivity contribution in [3.63, 3.8) is 0 Å². The summed E-state index contributed by atoms with van der Waals surface area (Å²) in [6.45, 7) is 7.24. The van der Waals surface area contributed by atoms with Crippen molar-refractivity contribution in [2.24, 2.45) is 0 Å². The van der Waals surface area contributed by atoms with Crippen LogP contribution in [0, 0.1) is 6.92 Å². The number of morpholine rings is 1. The third-order valence-electron chi connectivity index (χ3n) is 4.00. The van der Waals surface area contributed by atoms with Crippen LogP contribution in [0.15, 0.2) is 41.6 Å². The highest BCUT2D eigenvalue weighted by Crippen LogP contribution is 2.22. The Morgan fingerprint density at radius 3 is 2.56 bits per heavy atom. The smallest absolute Gasteiger partial charge is 0.233 e. The first-order valence-electron chi connectivity index (χ1n) is 8.48. The van der Waals surface area contributed by atoms with Crippen LogP contribution in [0.2, 0.25) is 0 Å². The first kappa shape index (κ1) is 17.9. The monoisotopic (exact) mass is 357 g/mol. The van der Waals surface area contributed by atoms with Gasteiger partial charge in [-0.15, -0.1) is 0 Å². The van der Waals surface area contributed by atoms with E-state index in [4.69, 9.17) is 4.74 Å². The van der Waals surface area contributed by atoms with Crippen molar-refractivity contribution in [2.75, 3.05) is 18.8 Å². The lowest BCUT2D eigenvalue weighted by molar-refractivity contribution is -0.140. The van der Waals surface area contributed by atoms with Gasteiger partial charge in [-0.1, -0.05) is 42.1 Å². The molecule has 0 aliphatic carbocycles. The summed E-state index contributed by atoms with van der Waals surface area (Å²) in [4.78, 5) is 23.4. The third kappa shape index (κ3) is 4.80. The second-order valence-corrected chi connectivity index (χ2v) is 7.33. The van der Waals surface area contributed by atoms with Crippen LogP contribution < -0.4 is 0 Å². The molecule has 0 bridgehead atoms. The zero-order valence-corrected chi connectivity index (χ0v) is 15.6. The standard InChI is InChI=1S/C19H23N3O2S/c1-13-9-17(16-7-5-4-6-8-16)21-19(20-13)25-12-18(23)22-10-14(2)24-15(3)11-22/h4-9,14-15H,10-12H2,1-3H3/t14-,15-/m1/s1. The molecule has 0 N–H and O–H groups in total. The van der Waals surface area contributed by atoms with Crippen molar-refractivity contribution < 1.29 is 9.53 Å². The second kappa shape index (κ2) is 7.97. The fraction of sp³-hybridized carbons (Fsp3) is 0.421. The molecule has 2 heterocycles. The Hall–Kier alpha value is -1.92. The fourth-order valence-corrected chi connectivity index (χ4v) is 3.77. The zero-order chi connectivity index (χ0) is 17.8. The molecule has 1 amide bonds. The summed E-state index contributed by atoms with van der Waals surface area (Å²) in [6.07, 6.45) is 0.162. The maximum atomic E-state index is 12.5. The van der Waals surface area contributed by atoms with Crippen molar-refractivity contribution in [1.29, 1.82) is 0 Å². The average Bonchev–Trinajstić information content (AvgIpc) is 2.59. The van der Waals surface area contributed by atoms with E-state index in [1.54, 1.807) is 0 Å². The van der Waals surface area contributed by atoms with E-state index < -0.39 is 0 Å². The van der Waals surface area contributed by atoms with E-state index in [9.17, 15) is 4.79 Å². The van der Waals surface area contributed by atoms with Crippen molar-refractivity contribution in [1.82, 2.24) is 14.9 Å². The molecule has 3 rings (SSSR count). The number of aryl methyl sites for hydroxylation is 1. The molecule has 0 unspecified atom stereocenters. The molecule has 6 heteroatoms. The van der Waals surface area contributed by atoms with Gasteiger partial charge in [0.1, 0.15) is 0 Å². The van der Waals surface area contributed by atoms with E-state index in [1.165, 1.54) is 11.8 Å². The van der Waals surface area contributed by atoms with Crippen LogP contribution in [0.5, 0.6) is 0 Å². The molecule has 2 atom stereocenters. The van der Waals surface area contributed by atoms with Gasteiger partial charge in [0.15, 0.2) is 5.16 Å². The van der Waals surface area contributed by atoms with Gasteiger partial charge in [-0.25, -0.2) is 9.97 Å². The minimum absolute atomic E-state index is 0.0811. The van der Waals surface area contributed by atoms with Gasteiger partial charge in [-0.05, 0) is 26.8 Å². The van der Waals surface area contributed by atoms with Gasteiger partial charge in [0.2, 0.25) is 5.91 Å². The molecule has 0 radical (unpaired) electrons. The second-order valence-electron chi connectivity index (χ2n) is 6.39. The molecule has 132 valence electrons. The maximum Gasteiger partial charge on any atom is 0.233 e. The Morgan fingerprint density at radius 2 is 1.88 bits per heavy atom. The van der Waals surface area contributed by atoms with Gasteiger partial charge in [0.05, 0.1) is 23.7 Å². The molecule has 5 nitrogen and oxygen atoms in total. The van der Waals surface area contributed by atoms with Crippen LogP contribution in [-0.4, -0.2) is 51.8 Å². The number of amides is 1. The zero-order valence-electron chi connectivity index (χ0n) is 14.8. The highest BCUT2D eigenvalue weighted by atomic mass is 32.2. The molecular weight excluding hydrogens is 334 g/mol. The van der Waals surface area contributed by atoms with Crippen LogP contribution >= 0.6 is 11.8 Å². The fourth-order valence-electron chi connectivity index (χ4n) is 2.96. The van der Waals surface area contributed by atoms with Crippen LogP contribution in [0.4, 0.5) is 0 Å². The highest BCUT2D eigenvalue weighted by molar-refractivity contribution is 7.99. The Bertz CT molecular complexity index is 729. The van der Waals surface area contributed by atoms with Gasteiger partial charge in [-0.3, -0.25) is 4.79 Å². The molecule has 1 aromatic carbocycles. The molecule has 25 heavy (non-hydrogen) atoms. The van der Waals surface area contributed by atoms with Crippen LogP contribution in [0.3, 0.4) is 0 Å². The highest BCUT2D eigenvalue weighted by Gasteiger charge is 2.25. The quantitative estimate of drug-likeness (QED) is 0.621. The van der Waals surface area contributed by atoms with E-state index in [0.29, 0.717) is 24.0 Å². The molecule has 1 saturated heterocycles. The summed E-state index contributed by atoms with van der Waals surface area (Å²) < 4.78 is 5.68. The number of thioether (sulfide) groups is 1. The van der Waals surface area contributed by atoms with Gasteiger partial charge in [-0.2, -0.15) is 0 Å². The number of benzene rings is 1. The average molecular weight is 357 g/mol. The number of rotatable bonds is 4. The summed E-state index contributed by atoms with van der Waals surface area (Å²) in [5.41, 5.74) is 2.84. The number of hydrogen-bond donors (Lipinski definition) is 0. The van der Waals surface area contributed by atoms with E-state index >= 15 is 0 Å².